The number of allylic oxidation sites excluding steroid dienone is 1. The third-order valence-electron chi connectivity index (χ3n) is 6.46. The molecule has 3 atom stereocenters. The first-order valence-corrected chi connectivity index (χ1v) is 11.4. The summed E-state index contributed by atoms with van der Waals surface area (Å²) in [6.45, 7) is 5.31. The molecule has 10 heteroatoms. The van der Waals surface area contributed by atoms with Gasteiger partial charge in [-0.15, -0.1) is 0 Å². The molecule has 31 heavy (non-hydrogen) atoms. The first kappa shape index (κ1) is 21.8. The lowest BCUT2D eigenvalue weighted by atomic mass is 10.0. The minimum absolute atomic E-state index is 0.165. The van der Waals surface area contributed by atoms with E-state index >= 15 is 0 Å². The number of carbonyl (C=O) groups is 1. The molecule has 0 bridgehead atoms. The van der Waals surface area contributed by atoms with E-state index in [2.05, 4.69) is 31.2 Å². The number of aromatic nitrogens is 2. The summed E-state index contributed by atoms with van der Waals surface area (Å²) in [6.07, 6.45) is 8.87. The number of fused-ring (bicyclic) bond motifs is 1. The van der Waals surface area contributed by atoms with Gasteiger partial charge in [-0.25, -0.2) is 4.98 Å². The highest BCUT2D eigenvalue weighted by Crippen LogP contribution is 2.39. The second-order valence-electron chi connectivity index (χ2n) is 8.73. The van der Waals surface area contributed by atoms with Gasteiger partial charge in [-0.3, -0.25) is 4.79 Å². The standard InChI is InChI=1S/C21H31ClN8O/c1-13(31)30-11-14-5-17(6-15(14)12-30)27-20-19(22)10-26-21(29-20)28-18(7-23)9-25-16-3-2-4-24-8-16/h7,9-10,14-17,23-25H,2-6,8,11-12H2,1H3,(H2,26,27,28,29)/b18-9+,23-7?. The molecule has 2 aliphatic heterocycles. The number of amides is 1. The number of nitrogens with one attached hydrogen (secondary N) is 5. The summed E-state index contributed by atoms with van der Waals surface area (Å²) in [5.74, 6) is 2.23. The number of carbonyl (C=O) groups excluding carboxylic acids is 1. The highest BCUT2D eigenvalue weighted by atomic mass is 35.5. The number of rotatable bonds is 7. The second kappa shape index (κ2) is 9.82. The smallest absolute Gasteiger partial charge is 0.229 e. The van der Waals surface area contributed by atoms with Crippen LogP contribution < -0.4 is 21.3 Å². The molecule has 0 aromatic carbocycles. The fraction of sp³-hybridized carbons (Fsp3) is 0.619. The van der Waals surface area contributed by atoms with Crippen LogP contribution >= 0.6 is 11.6 Å². The average Bonchev–Trinajstić information content (AvgIpc) is 3.33. The average molecular weight is 447 g/mol. The van der Waals surface area contributed by atoms with Crippen molar-refractivity contribution in [1.82, 2.24) is 25.5 Å². The first-order valence-electron chi connectivity index (χ1n) is 11.0. The number of likely N-dealkylation sites (tertiary alicyclic amines) is 1. The van der Waals surface area contributed by atoms with Crippen LogP contribution in [0.15, 0.2) is 18.1 Å². The van der Waals surface area contributed by atoms with Crippen molar-refractivity contribution in [3.63, 3.8) is 0 Å². The van der Waals surface area contributed by atoms with Gasteiger partial charge in [-0.05, 0) is 44.1 Å². The number of piperidine rings is 1. The van der Waals surface area contributed by atoms with Crippen LogP contribution in [0, 0.1) is 17.2 Å². The highest BCUT2D eigenvalue weighted by Gasteiger charge is 2.41. The van der Waals surface area contributed by atoms with Crippen molar-refractivity contribution in [3.8, 4) is 0 Å². The number of nitrogens with zero attached hydrogens (tertiary/aromatic N) is 3. The molecule has 1 saturated carbocycles. The van der Waals surface area contributed by atoms with Crippen molar-refractivity contribution in [2.45, 2.75) is 44.7 Å². The van der Waals surface area contributed by atoms with Gasteiger partial charge >= 0.3 is 0 Å². The quantitative estimate of drug-likeness (QED) is 0.407. The Labute approximate surface area is 187 Å². The Hall–Kier alpha value is -2.39. The Bertz CT molecular complexity index is 827. The van der Waals surface area contributed by atoms with Gasteiger partial charge in [0.15, 0.2) is 5.82 Å². The van der Waals surface area contributed by atoms with E-state index in [-0.39, 0.29) is 11.9 Å². The minimum Gasteiger partial charge on any atom is -0.385 e. The molecule has 9 nitrogen and oxygen atoms in total. The molecule has 0 spiro atoms. The number of hydrogen-bond donors (Lipinski definition) is 5. The number of hydrogen-bond acceptors (Lipinski definition) is 8. The van der Waals surface area contributed by atoms with Gasteiger partial charge in [-0.2, -0.15) is 4.98 Å². The van der Waals surface area contributed by atoms with Crippen LogP contribution in [0.25, 0.3) is 0 Å². The molecule has 5 N–H and O–H groups in total. The maximum atomic E-state index is 11.6. The van der Waals surface area contributed by atoms with Crippen molar-refractivity contribution in [1.29, 1.82) is 5.41 Å². The van der Waals surface area contributed by atoms with Crippen LogP contribution in [-0.4, -0.2) is 65.3 Å². The van der Waals surface area contributed by atoms with Gasteiger partial charge in [0.1, 0.15) is 5.02 Å². The lowest BCUT2D eigenvalue weighted by Crippen LogP contribution is -2.41. The van der Waals surface area contributed by atoms with Gasteiger partial charge in [0.05, 0.1) is 11.9 Å². The lowest BCUT2D eigenvalue weighted by Gasteiger charge is -2.23. The normalized spacial score (nSPS) is 28.2. The maximum absolute atomic E-state index is 11.6. The third-order valence-corrected chi connectivity index (χ3v) is 6.74. The van der Waals surface area contributed by atoms with Gasteiger partial charge in [0.25, 0.3) is 0 Å². The summed E-state index contributed by atoms with van der Waals surface area (Å²) >= 11 is 6.35. The molecule has 168 valence electrons. The van der Waals surface area contributed by atoms with E-state index in [9.17, 15) is 4.79 Å². The van der Waals surface area contributed by atoms with Crippen LogP contribution in [0.3, 0.4) is 0 Å². The highest BCUT2D eigenvalue weighted by molar-refractivity contribution is 6.32. The molecular weight excluding hydrogens is 416 g/mol. The lowest BCUT2D eigenvalue weighted by molar-refractivity contribution is -0.128. The summed E-state index contributed by atoms with van der Waals surface area (Å²) < 4.78 is 0. The number of anilines is 2. The molecule has 1 aliphatic carbocycles. The maximum Gasteiger partial charge on any atom is 0.229 e. The molecule has 1 aromatic rings. The Balaban J connectivity index is 1.35. The van der Waals surface area contributed by atoms with Gasteiger partial charge in [0, 0.05) is 51.1 Å². The zero-order valence-electron chi connectivity index (χ0n) is 17.8. The summed E-state index contributed by atoms with van der Waals surface area (Å²) in [6, 6.07) is 0.636. The zero-order chi connectivity index (χ0) is 21.8. The topological polar surface area (TPSA) is 118 Å². The van der Waals surface area contributed by atoms with Crippen LogP contribution in [0.4, 0.5) is 11.8 Å². The van der Waals surface area contributed by atoms with Crippen LogP contribution in [-0.2, 0) is 4.79 Å². The van der Waals surface area contributed by atoms with Crippen LogP contribution in [0.2, 0.25) is 5.02 Å². The minimum atomic E-state index is 0.165. The number of halogens is 1. The first-order chi connectivity index (χ1) is 15.0. The van der Waals surface area contributed by atoms with Gasteiger partial charge in [0.2, 0.25) is 11.9 Å². The molecule has 3 unspecified atom stereocenters. The Morgan fingerprint density at radius 3 is 2.74 bits per heavy atom. The summed E-state index contributed by atoms with van der Waals surface area (Å²) in [5.41, 5.74) is 0.582. The molecule has 1 amide bonds. The predicted molar refractivity (Wildman–Crippen MR) is 122 cm³/mol. The largest absolute Gasteiger partial charge is 0.385 e. The molecule has 4 rings (SSSR count). The fourth-order valence-electron chi connectivity index (χ4n) is 4.84. The molecule has 2 saturated heterocycles. The Kier molecular flexibility index (Phi) is 6.92. The van der Waals surface area contributed by atoms with Crippen molar-refractivity contribution in [2.24, 2.45) is 11.8 Å². The molecule has 3 heterocycles. The van der Waals surface area contributed by atoms with Crippen LogP contribution in [0.5, 0.6) is 0 Å². The van der Waals surface area contributed by atoms with Gasteiger partial charge < -0.3 is 31.6 Å². The van der Waals surface area contributed by atoms with Crippen molar-refractivity contribution in [2.75, 3.05) is 36.8 Å². The molecule has 0 radical (unpaired) electrons. The van der Waals surface area contributed by atoms with E-state index in [0.29, 0.717) is 40.4 Å². The second-order valence-corrected chi connectivity index (χ2v) is 9.13. The van der Waals surface area contributed by atoms with E-state index in [1.165, 1.54) is 6.21 Å². The molecule has 3 fully saturated rings. The van der Waals surface area contributed by atoms with Crippen molar-refractivity contribution < 1.29 is 4.79 Å². The van der Waals surface area contributed by atoms with E-state index in [1.807, 2.05) is 4.90 Å². The monoisotopic (exact) mass is 446 g/mol. The van der Waals surface area contributed by atoms with Crippen molar-refractivity contribution in [3.05, 3.63) is 23.1 Å². The van der Waals surface area contributed by atoms with E-state index in [0.717, 1.165) is 51.9 Å². The van der Waals surface area contributed by atoms with Gasteiger partial charge in [-0.1, -0.05) is 11.6 Å². The molecule has 3 aliphatic rings. The van der Waals surface area contributed by atoms with Crippen LogP contribution in [0.1, 0.15) is 32.6 Å². The summed E-state index contributed by atoms with van der Waals surface area (Å²) in [5, 5.41) is 21.4. The SMILES string of the molecule is CC(=O)N1CC2CC(Nc3nc(N/C(C=N)=C/NC4CCCNC4)ncc3Cl)CC2C1. The van der Waals surface area contributed by atoms with Crippen molar-refractivity contribution >= 4 is 35.5 Å². The Morgan fingerprint density at radius 1 is 1.32 bits per heavy atom. The molecule has 1 aromatic heterocycles. The summed E-state index contributed by atoms with van der Waals surface area (Å²) in [4.78, 5) is 22.4. The predicted octanol–water partition coefficient (Wildman–Crippen LogP) is 2.04. The zero-order valence-corrected chi connectivity index (χ0v) is 18.6. The van der Waals surface area contributed by atoms with E-state index < -0.39 is 0 Å². The fourth-order valence-corrected chi connectivity index (χ4v) is 4.99. The van der Waals surface area contributed by atoms with E-state index in [1.54, 1.807) is 19.3 Å². The summed E-state index contributed by atoms with van der Waals surface area (Å²) in [7, 11) is 0. The Morgan fingerprint density at radius 2 is 2.10 bits per heavy atom. The van der Waals surface area contributed by atoms with E-state index in [4.69, 9.17) is 17.0 Å². The molecular formula is C21H31ClN8O. The third kappa shape index (κ3) is 5.46.